The minimum Gasteiger partial charge on any atom is -0.463 e. The van der Waals surface area contributed by atoms with Crippen molar-refractivity contribution in [1.29, 1.82) is 0 Å². The Bertz CT molecular complexity index is 136. The molecule has 1 fully saturated rings. The molecule has 0 N–H and O–H groups in total. The van der Waals surface area contributed by atoms with Gasteiger partial charge in [0.1, 0.15) is 6.61 Å². The van der Waals surface area contributed by atoms with Crippen LogP contribution in [-0.4, -0.2) is 36.6 Å². The fourth-order valence-corrected chi connectivity index (χ4v) is 1.11. The van der Waals surface area contributed by atoms with E-state index in [-0.39, 0.29) is 5.97 Å². The molecule has 1 aliphatic heterocycles. The van der Waals surface area contributed by atoms with Gasteiger partial charge in [-0.25, -0.2) is 0 Å². The first kappa shape index (κ1) is 7.54. The molecule has 0 bridgehead atoms. The average molecular weight is 143 g/mol. The van der Waals surface area contributed by atoms with Crippen LogP contribution in [0.2, 0.25) is 0 Å². The van der Waals surface area contributed by atoms with Gasteiger partial charge in [-0.3, -0.25) is 9.69 Å². The monoisotopic (exact) mass is 143 g/mol. The van der Waals surface area contributed by atoms with E-state index >= 15 is 0 Å². The molecule has 0 aromatic rings. The molecule has 0 unspecified atom stereocenters. The fraction of sp³-hybridized carbons (Fsp3) is 0.857. The van der Waals surface area contributed by atoms with Crippen molar-refractivity contribution in [3.05, 3.63) is 0 Å². The van der Waals surface area contributed by atoms with Crippen molar-refractivity contribution in [1.82, 2.24) is 4.90 Å². The number of cyclic esters (lactones) is 1. The molecular weight excluding hydrogens is 130 g/mol. The molecule has 0 aliphatic carbocycles. The van der Waals surface area contributed by atoms with Gasteiger partial charge >= 0.3 is 5.97 Å². The lowest BCUT2D eigenvalue weighted by Crippen LogP contribution is -2.45. The predicted molar refractivity (Wildman–Crippen MR) is 37.7 cm³/mol. The summed E-state index contributed by atoms with van der Waals surface area (Å²) in [6.07, 6.45) is 0. The number of rotatable bonds is 1. The first-order chi connectivity index (χ1) is 4.74. The molecule has 0 saturated carbocycles. The van der Waals surface area contributed by atoms with E-state index in [4.69, 9.17) is 4.74 Å². The summed E-state index contributed by atoms with van der Waals surface area (Å²) in [6.45, 7) is 6.05. The molecule has 0 aromatic carbocycles. The van der Waals surface area contributed by atoms with Gasteiger partial charge in [-0.2, -0.15) is 0 Å². The zero-order chi connectivity index (χ0) is 7.56. The maximum atomic E-state index is 10.7. The number of ether oxygens (including phenoxy) is 1. The Balaban J connectivity index is 2.45. The highest BCUT2D eigenvalue weighted by Gasteiger charge is 2.22. The lowest BCUT2D eigenvalue weighted by molar-refractivity contribution is -0.153. The number of esters is 1. The van der Waals surface area contributed by atoms with Crippen molar-refractivity contribution in [2.45, 2.75) is 19.9 Å². The van der Waals surface area contributed by atoms with Crippen LogP contribution in [0.3, 0.4) is 0 Å². The summed E-state index contributed by atoms with van der Waals surface area (Å²) in [7, 11) is 0. The second-order valence-corrected chi connectivity index (χ2v) is 2.60. The van der Waals surface area contributed by atoms with Crippen molar-refractivity contribution in [2.75, 3.05) is 19.7 Å². The first-order valence-corrected chi connectivity index (χ1v) is 3.63. The van der Waals surface area contributed by atoms with Crippen LogP contribution < -0.4 is 0 Å². The molecular formula is C7H13NO2. The Morgan fingerprint density at radius 1 is 1.80 bits per heavy atom. The maximum Gasteiger partial charge on any atom is 0.320 e. The van der Waals surface area contributed by atoms with E-state index < -0.39 is 0 Å². The Labute approximate surface area is 61.0 Å². The molecule has 10 heavy (non-hydrogen) atoms. The van der Waals surface area contributed by atoms with Gasteiger partial charge in [-0.1, -0.05) is 6.92 Å². The van der Waals surface area contributed by atoms with Gasteiger partial charge in [-0.05, 0) is 13.5 Å². The molecule has 0 radical (unpaired) electrons. The summed E-state index contributed by atoms with van der Waals surface area (Å²) in [5, 5.41) is 0. The van der Waals surface area contributed by atoms with E-state index in [9.17, 15) is 4.79 Å². The van der Waals surface area contributed by atoms with Gasteiger partial charge in [0.15, 0.2) is 0 Å². The summed E-state index contributed by atoms with van der Waals surface area (Å²) in [6, 6.07) is 0.391. The van der Waals surface area contributed by atoms with Crippen molar-refractivity contribution >= 4 is 5.97 Å². The Morgan fingerprint density at radius 3 is 3.00 bits per heavy atom. The number of hydrogen-bond donors (Lipinski definition) is 0. The number of carbonyl (C=O) groups is 1. The second kappa shape index (κ2) is 3.01. The maximum absolute atomic E-state index is 10.7. The summed E-state index contributed by atoms with van der Waals surface area (Å²) in [5.74, 6) is -0.0973. The molecule has 1 rings (SSSR count). The molecule has 3 heteroatoms. The van der Waals surface area contributed by atoms with E-state index in [0.29, 0.717) is 19.2 Å². The third-order valence-corrected chi connectivity index (χ3v) is 1.85. The van der Waals surface area contributed by atoms with Crippen LogP contribution in [0, 0.1) is 0 Å². The number of nitrogens with zero attached hydrogens (tertiary/aromatic N) is 1. The SMILES string of the molecule is CCN1CC(=O)OC[C@@H]1C. The Hall–Kier alpha value is -0.570. The van der Waals surface area contributed by atoms with E-state index in [1.807, 2.05) is 0 Å². The molecule has 58 valence electrons. The highest BCUT2D eigenvalue weighted by Crippen LogP contribution is 2.05. The zero-order valence-electron chi connectivity index (χ0n) is 6.46. The average Bonchev–Trinajstić information content (AvgIpc) is 1.94. The van der Waals surface area contributed by atoms with Gasteiger partial charge < -0.3 is 4.74 Å². The Morgan fingerprint density at radius 2 is 2.50 bits per heavy atom. The van der Waals surface area contributed by atoms with Gasteiger partial charge in [0.05, 0.1) is 6.54 Å². The quantitative estimate of drug-likeness (QED) is 0.493. The molecule has 1 saturated heterocycles. The predicted octanol–water partition coefficient (Wildman–Crippen LogP) is 0.254. The van der Waals surface area contributed by atoms with Crippen LogP contribution in [-0.2, 0) is 9.53 Å². The van der Waals surface area contributed by atoms with Crippen LogP contribution in [0.15, 0.2) is 0 Å². The lowest BCUT2D eigenvalue weighted by Gasteiger charge is -2.30. The largest absolute Gasteiger partial charge is 0.463 e. The molecule has 1 heterocycles. The van der Waals surface area contributed by atoms with Crippen LogP contribution in [0.5, 0.6) is 0 Å². The molecule has 0 aromatic heterocycles. The van der Waals surface area contributed by atoms with E-state index in [2.05, 4.69) is 18.7 Å². The van der Waals surface area contributed by atoms with Crippen LogP contribution in [0.25, 0.3) is 0 Å². The molecule has 0 amide bonds. The lowest BCUT2D eigenvalue weighted by atomic mass is 10.2. The van der Waals surface area contributed by atoms with Crippen LogP contribution in [0.4, 0.5) is 0 Å². The standard InChI is InChI=1S/C7H13NO2/c1-3-8-4-7(9)10-5-6(8)2/h6H,3-5H2,1-2H3/t6-/m0/s1. The number of morpholine rings is 1. The minimum absolute atomic E-state index is 0.0973. The molecule has 3 nitrogen and oxygen atoms in total. The van der Waals surface area contributed by atoms with Gasteiger partial charge in [-0.15, -0.1) is 0 Å². The first-order valence-electron chi connectivity index (χ1n) is 3.63. The van der Waals surface area contributed by atoms with Crippen LogP contribution >= 0.6 is 0 Å². The summed E-state index contributed by atoms with van der Waals surface area (Å²) in [4.78, 5) is 12.8. The number of carbonyl (C=O) groups excluding carboxylic acids is 1. The summed E-state index contributed by atoms with van der Waals surface area (Å²) < 4.78 is 4.84. The van der Waals surface area contributed by atoms with Gasteiger partial charge in [0, 0.05) is 6.04 Å². The van der Waals surface area contributed by atoms with E-state index in [1.54, 1.807) is 0 Å². The summed E-state index contributed by atoms with van der Waals surface area (Å²) in [5.41, 5.74) is 0. The zero-order valence-corrected chi connectivity index (χ0v) is 6.46. The topological polar surface area (TPSA) is 29.5 Å². The molecule has 0 spiro atoms. The van der Waals surface area contributed by atoms with E-state index in [1.165, 1.54) is 0 Å². The number of likely N-dealkylation sites (N-methyl/N-ethyl adjacent to an activating group) is 1. The third kappa shape index (κ3) is 1.48. The van der Waals surface area contributed by atoms with Crippen molar-refractivity contribution in [3.8, 4) is 0 Å². The van der Waals surface area contributed by atoms with Crippen molar-refractivity contribution < 1.29 is 9.53 Å². The normalized spacial score (nSPS) is 28.2. The highest BCUT2D eigenvalue weighted by molar-refractivity contribution is 5.72. The smallest absolute Gasteiger partial charge is 0.320 e. The second-order valence-electron chi connectivity index (χ2n) is 2.60. The van der Waals surface area contributed by atoms with Crippen LogP contribution in [0.1, 0.15) is 13.8 Å². The molecule has 1 aliphatic rings. The Kier molecular flexibility index (Phi) is 2.27. The third-order valence-electron chi connectivity index (χ3n) is 1.85. The summed E-state index contributed by atoms with van der Waals surface area (Å²) >= 11 is 0. The van der Waals surface area contributed by atoms with Gasteiger partial charge in [0.25, 0.3) is 0 Å². The highest BCUT2D eigenvalue weighted by atomic mass is 16.5. The van der Waals surface area contributed by atoms with Crippen molar-refractivity contribution in [2.24, 2.45) is 0 Å². The van der Waals surface area contributed by atoms with Gasteiger partial charge in [0.2, 0.25) is 0 Å². The van der Waals surface area contributed by atoms with Crippen molar-refractivity contribution in [3.63, 3.8) is 0 Å². The molecule has 1 atom stereocenters. The fourth-order valence-electron chi connectivity index (χ4n) is 1.11. The van der Waals surface area contributed by atoms with E-state index in [0.717, 1.165) is 6.54 Å². The number of hydrogen-bond acceptors (Lipinski definition) is 3. The minimum atomic E-state index is -0.0973.